The lowest BCUT2D eigenvalue weighted by Gasteiger charge is -2.32. The Kier molecular flexibility index (Phi) is 4.07. The molecule has 25 heavy (non-hydrogen) atoms. The van der Waals surface area contributed by atoms with E-state index in [1.807, 2.05) is 18.2 Å². The Labute approximate surface area is 144 Å². The van der Waals surface area contributed by atoms with Crippen molar-refractivity contribution < 1.29 is 14.3 Å². The number of hydrogen-bond acceptors (Lipinski definition) is 5. The van der Waals surface area contributed by atoms with Crippen LogP contribution in [0.4, 0.5) is 0 Å². The first-order chi connectivity index (χ1) is 12.3. The summed E-state index contributed by atoms with van der Waals surface area (Å²) in [5, 5.41) is 0.854. The molecule has 1 aliphatic heterocycles. The molecule has 1 N–H and O–H groups in total. The maximum Gasteiger partial charge on any atom is 0.256 e. The summed E-state index contributed by atoms with van der Waals surface area (Å²) in [6.07, 6.45) is 6.42. The van der Waals surface area contributed by atoms with Crippen molar-refractivity contribution in [2.45, 2.75) is 6.10 Å². The molecule has 7 heteroatoms. The Morgan fingerprint density at radius 2 is 2.32 bits per heavy atom. The molecule has 4 rings (SSSR count). The van der Waals surface area contributed by atoms with Crippen molar-refractivity contribution in [3.63, 3.8) is 0 Å². The minimum absolute atomic E-state index is 0.0308. The molecule has 0 unspecified atom stereocenters. The largest absolute Gasteiger partial charge is 0.497 e. The number of ether oxygens (including phenoxy) is 2. The van der Waals surface area contributed by atoms with Gasteiger partial charge in [0.25, 0.3) is 5.91 Å². The van der Waals surface area contributed by atoms with E-state index in [2.05, 4.69) is 15.0 Å². The van der Waals surface area contributed by atoms with Gasteiger partial charge in [-0.15, -0.1) is 0 Å². The number of fused-ring (bicyclic) bond motifs is 1. The highest BCUT2D eigenvalue weighted by Crippen LogP contribution is 2.26. The molecule has 0 saturated carbocycles. The molecule has 1 atom stereocenters. The predicted octanol–water partition coefficient (Wildman–Crippen LogP) is 2.18. The molecule has 7 nitrogen and oxygen atoms in total. The Balaban J connectivity index is 1.60. The summed E-state index contributed by atoms with van der Waals surface area (Å²) in [5.41, 5.74) is 2.28. The second-order valence-electron chi connectivity index (χ2n) is 5.85. The average Bonchev–Trinajstić information content (AvgIpc) is 3.11. The topological polar surface area (TPSA) is 80.3 Å². The molecule has 1 amide bonds. The van der Waals surface area contributed by atoms with Crippen LogP contribution in [0.1, 0.15) is 22.2 Å². The molecule has 0 bridgehead atoms. The van der Waals surface area contributed by atoms with Crippen LogP contribution in [0.5, 0.6) is 5.75 Å². The van der Waals surface area contributed by atoms with Gasteiger partial charge in [-0.1, -0.05) is 0 Å². The predicted molar refractivity (Wildman–Crippen MR) is 91.5 cm³/mol. The van der Waals surface area contributed by atoms with Crippen molar-refractivity contribution >= 4 is 16.8 Å². The van der Waals surface area contributed by atoms with E-state index in [0.717, 1.165) is 22.3 Å². The molecular formula is C18H18N4O3. The van der Waals surface area contributed by atoms with E-state index < -0.39 is 0 Å². The number of aromatic amines is 1. The van der Waals surface area contributed by atoms with Gasteiger partial charge in [0.15, 0.2) is 0 Å². The van der Waals surface area contributed by atoms with Crippen molar-refractivity contribution in [3.8, 4) is 5.75 Å². The van der Waals surface area contributed by atoms with Crippen molar-refractivity contribution in [1.29, 1.82) is 0 Å². The Morgan fingerprint density at radius 3 is 3.12 bits per heavy atom. The van der Waals surface area contributed by atoms with Crippen LogP contribution >= 0.6 is 0 Å². The molecular weight excluding hydrogens is 320 g/mol. The number of carbonyl (C=O) groups excluding carboxylic acids is 1. The number of hydrogen-bond donors (Lipinski definition) is 1. The van der Waals surface area contributed by atoms with Gasteiger partial charge in [-0.25, -0.2) is 0 Å². The molecule has 2 aromatic heterocycles. The van der Waals surface area contributed by atoms with E-state index in [1.54, 1.807) is 36.8 Å². The third-order valence-corrected chi connectivity index (χ3v) is 4.39. The number of benzene rings is 1. The van der Waals surface area contributed by atoms with E-state index in [1.165, 1.54) is 0 Å². The number of rotatable bonds is 3. The third kappa shape index (κ3) is 2.94. The minimum Gasteiger partial charge on any atom is -0.497 e. The normalized spacial score (nSPS) is 17.6. The molecule has 1 aliphatic rings. The standard InChI is InChI=1S/C18H18N4O3/c1-24-12-2-3-15-13(8-12)14(9-21-15)18(23)22-6-7-25-17(11-22)16-10-19-4-5-20-16/h2-5,8-10,17,21H,6-7,11H2,1H3/t17-/m1/s1. The molecule has 1 saturated heterocycles. The van der Waals surface area contributed by atoms with E-state index in [0.29, 0.717) is 25.3 Å². The number of nitrogens with one attached hydrogen (secondary N) is 1. The minimum atomic E-state index is -0.258. The number of carbonyl (C=O) groups is 1. The van der Waals surface area contributed by atoms with Crippen molar-refractivity contribution in [3.05, 3.63) is 54.2 Å². The highest BCUT2D eigenvalue weighted by atomic mass is 16.5. The van der Waals surface area contributed by atoms with Crippen molar-refractivity contribution in [2.75, 3.05) is 26.8 Å². The third-order valence-electron chi connectivity index (χ3n) is 4.39. The molecule has 0 aliphatic carbocycles. The van der Waals surface area contributed by atoms with Crippen LogP contribution in [-0.4, -0.2) is 52.6 Å². The first-order valence-electron chi connectivity index (χ1n) is 8.08. The lowest BCUT2D eigenvalue weighted by Crippen LogP contribution is -2.42. The quantitative estimate of drug-likeness (QED) is 0.792. The van der Waals surface area contributed by atoms with Crippen LogP contribution in [-0.2, 0) is 4.74 Å². The summed E-state index contributed by atoms with van der Waals surface area (Å²) in [6.45, 7) is 1.47. The SMILES string of the molecule is COc1ccc2[nH]cc(C(=O)N3CCO[C@@H](c4cnccn4)C3)c2c1. The first-order valence-corrected chi connectivity index (χ1v) is 8.08. The zero-order valence-electron chi connectivity index (χ0n) is 13.8. The Hall–Kier alpha value is -2.93. The van der Waals surface area contributed by atoms with E-state index in [4.69, 9.17) is 9.47 Å². The number of morpholine rings is 1. The highest BCUT2D eigenvalue weighted by Gasteiger charge is 2.28. The van der Waals surface area contributed by atoms with Crippen LogP contribution in [0, 0.1) is 0 Å². The molecule has 3 aromatic rings. The van der Waals surface area contributed by atoms with Crippen LogP contribution in [0.3, 0.4) is 0 Å². The fourth-order valence-corrected chi connectivity index (χ4v) is 3.06. The molecule has 3 heterocycles. The summed E-state index contributed by atoms with van der Waals surface area (Å²) in [5.74, 6) is 0.692. The maximum absolute atomic E-state index is 13.0. The second kappa shape index (κ2) is 6.52. The second-order valence-corrected chi connectivity index (χ2v) is 5.85. The number of amides is 1. The van der Waals surface area contributed by atoms with Gasteiger partial charge in [-0.05, 0) is 18.2 Å². The molecule has 1 aromatic carbocycles. The van der Waals surface area contributed by atoms with E-state index in [9.17, 15) is 4.79 Å². The maximum atomic E-state index is 13.0. The van der Waals surface area contributed by atoms with Gasteiger partial charge in [0.1, 0.15) is 11.9 Å². The van der Waals surface area contributed by atoms with E-state index >= 15 is 0 Å². The summed E-state index contributed by atoms with van der Waals surface area (Å²) >= 11 is 0. The van der Waals surface area contributed by atoms with Crippen LogP contribution < -0.4 is 4.74 Å². The van der Waals surface area contributed by atoms with Gasteiger partial charge in [-0.2, -0.15) is 0 Å². The molecule has 0 radical (unpaired) electrons. The van der Waals surface area contributed by atoms with Crippen molar-refractivity contribution in [1.82, 2.24) is 19.9 Å². The van der Waals surface area contributed by atoms with Gasteiger partial charge in [-0.3, -0.25) is 14.8 Å². The fraction of sp³-hybridized carbons (Fsp3) is 0.278. The zero-order valence-corrected chi connectivity index (χ0v) is 13.8. The van der Waals surface area contributed by atoms with Crippen molar-refractivity contribution in [2.24, 2.45) is 0 Å². The molecule has 1 fully saturated rings. The van der Waals surface area contributed by atoms with Crippen LogP contribution in [0.2, 0.25) is 0 Å². The highest BCUT2D eigenvalue weighted by molar-refractivity contribution is 6.07. The van der Waals surface area contributed by atoms with Gasteiger partial charge in [0.2, 0.25) is 0 Å². The van der Waals surface area contributed by atoms with Gasteiger partial charge < -0.3 is 19.4 Å². The first kappa shape index (κ1) is 15.6. The lowest BCUT2D eigenvalue weighted by molar-refractivity contribution is -0.0248. The summed E-state index contributed by atoms with van der Waals surface area (Å²) in [7, 11) is 1.61. The van der Waals surface area contributed by atoms with Gasteiger partial charge in [0.05, 0.1) is 37.7 Å². The molecule has 0 spiro atoms. The fourth-order valence-electron chi connectivity index (χ4n) is 3.06. The number of aromatic nitrogens is 3. The van der Waals surface area contributed by atoms with Gasteiger partial charge >= 0.3 is 0 Å². The smallest absolute Gasteiger partial charge is 0.256 e. The number of methoxy groups -OCH3 is 1. The number of nitrogens with zero attached hydrogens (tertiary/aromatic N) is 3. The van der Waals surface area contributed by atoms with Crippen LogP contribution in [0.25, 0.3) is 10.9 Å². The Bertz CT molecular complexity index is 894. The van der Waals surface area contributed by atoms with Gasteiger partial charge in [0, 0.05) is 36.0 Å². The van der Waals surface area contributed by atoms with Crippen LogP contribution in [0.15, 0.2) is 43.0 Å². The summed E-state index contributed by atoms with van der Waals surface area (Å²) in [4.78, 5) is 26.3. The average molecular weight is 338 g/mol. The zero-order chi connectivity index (χ0) is 17.2. The lowest BCUT2D eigenvalue weighted by atomic mass is 10.1. The molecule has 128 valence electrons. The Morgan fingerprint density at radius 1 is 1.40 bits per heavy atom. The number of H-pyrrole nitrogens is 1. The summed E-state index contributed by atoms with van der Waals surface area (Å²) in [6, 6.07) is 5.65. The summed E-state index contributed by atoms with van der Waals surface area (Å²) < 4.78 is 11.0. The van der Waals surface area contributed by atoms with E-state index in [-0.39, 0.29) is 12.0 Å². The monoisotopic (exact) mass is 338 g/mol.